The molecule has 2 N–H and O–H groups in total. The topological polar surface area (TPSA) is 79.9 Å². The van der Waals surface area contributed by atoms with Crippen LogP contribution in [0.4, 0.5) is 5.00 Å². The van der Waals surface area contributed by atoms with Crippen molar-refractivity contribution in [3.8, 4) is 11.5 Å². The molecule has 1 atom stereocenters. The minimum Gasteiger partial charge on any atom is -0.497 e. The van der Waals surface area contributed by atoms with E-state index in [4.69, 9.17) is 9.47 Å². The minimum atomic E-state index is -0.470. The van der Waals surface area contributed by atoms with Gasteiger partial charge in [-0.05, 0) is 59.0 Å². The predicted octanol–water partition coefficient (Wildman–Crippen LogP) is 5.79. The summed E-state index contributed by atoms with van der Waals surface area (Å²) in [7, 11) is 1.61. The summed E-state index contributed by atoms with van der Waals surface area (Å²) < 4.78 is 10.6. The molecule has 3 aromatic carbocycles. The van der Waals surface area contributed by atoms with Gasteiger partial charge in [-0.2, -0.15) is 0 Å². The number of ether oxygens (including phenoxy) is 2. The molecular formula is C32H29N3O4S. The average molecular weight is 552 g/mol. The van der Waals surface area contributed by atoms with Crippen molar-refractivity contribution in [3.05, 3.63) is 118 Å². The lowest BCUT2D eigenvalue weighted by Gasteiger charge is -2.28. The fourth-order valence-corrected chi connectivity index (χ4v) is 6.39. The molecule has 2 aliphatic rings. The second-order valence-electron chi connectivity index (χ2n) is 9.80. The summed E-state index contributed by atoms with van der Waals surface area (Å²) in [6, 6.07) is 25.0. The van der Waals surface area contributed by atoms with Crippen LogP contribution in [0.5, 0.6) is 11.5 Å². The highest BCUT2D eigenvalue weighted by molar-refractivity contribution is 7.16. The van der Waals surface area contributed by atoms with Gasteiger partial charge in [0.15, 0.2) is 0 Å². The third kappa shape index (κ3) is 5.64. The Bertz CT molecular complexity index is 1550. The lowest BCUT2D eigenvalue weighted by atomic mass is 10.00. The highest BCUT2D eigenvalue weighted by Crippen LogP contribution is 2.41. The number of carbonyl (C=O) groups is 2. The molecule has 0 bridgehead atoms. The number of nitrogens with zero attached hydrogens (tertiary/aromatic N) is 1. The molecular weight excluding hydrogens is 522 g/mol. The van der Waals surface area contributed by atoms with E-state index in [1.807, 2.05) is 42.5 Å². The van der Waals surface area contributed by atoms with Gasteiger partial charge in [-0.3, -0.25) is 9.69 Å². The van der Waals surface area contributed by atoms with Gasteiger partial charge in [-0.15, -0.1) is 11.3 Å². The Morgan fingerprint density at radius 3 is 2.50 bits per heavy atom. The lowest BCUT2D eigenvalue weighted by molar-refractivity contribution is -0.128. The number of rotatable bonds is 7. The largest absolute Gasteiger partial charge is 0.497 e. The predicted molar refractivity (Wildman–Crippen MR) is 157 cm³/mol. The second-order valence-corrected chi connectivity index (χ2v) is 10.9. The number of nitrogens with one attached hydrogen (secondary N) is 2. The van der Waals surface area contributed by atoms with Crippen molar-refractivity contribution in [3.63, 3.8) is 0 Å². The Kier molecular flexibility index (Phi) is 7.35. The molecule has 202 valence electrons. The van der Waals surface area contributed by atoms with E-state index < -0.39 is 5.97 Å². The van der Waals surface area contributed by atoms with Crippen LogP contribution in [-0.2, 0) is 24.3 Å². The van der Waals surface area contributed by atoms with E-state index in [9.17, 15) is 9.59 Å². The molecule has 40 heavy (non-hydrogen) atoms. The number of hydrogen-bond acceptors (Lipinski definition) is 7. The molecule has 0 saturated carbocycles. The summed E-state index contributed by atoms with van der Waals surface area (Å²) in [5.74, 6) is 0.666. The first-order valence-electron chi connectivity index (χ1n) is 13.2. The smallest absolute Gasteiger partial charge is 0.336 e. The number of carbonyl (C=O) groups excluding carboxylic acids is 2. The van der Waals surface area contributed by atoms with Crippen LogP contribution in [0.1, 0.15) is 43.7 Å². The fourth-order valence-electron chi connectivity index (χ4n) is 5.07. The van der Waals surface area contributed by atoms with Crippen LogP contribution >= 0.6 is 11.3 Å². The zero-order valence-electron chi connectivity index (χ0n) is 22.1. The van der Waals surface area contributed by atoms with Gasteiger partial charge in [0.1, 0.15) is 22.7 Å². The summed E-state index contributed by atoms with van der Waals surface area (Å²) in [6.07, 6.45) is 3.58. The van der Waals surface area contributed by atoms with Crippen LogP contribution in [0, 0.1) is 0 Å². The van der Waals surface area contributed by atoms with Gasteiger partial charge in [-0.1, -0.05) is 54.6 Å². The third-order valence-electron chi connectivity index (χ3n) is 7.12. The van der Waals surface area contributed by atoms with Gasteiger partial charge in [-0.25, -0.2) is 4.79 Å². The number of benzene rings is 3. The molecule has 0 spiro atoms. The fraction of sp³-hybridized carbons (Fsp3) is 0.188. The SMILES string of the molecule is COc1ccc(/C=C/C(=O)Oc2ccc([C@H]3NC(=O)c4c(sc5c4CCN(Cc4ccccc4)C5)N3)cc2)cc1. The highest BCUT2D eigenvalue weighted by atomic mass is 32.1. The van der Waals surface area contributed by atoms with Crippen LogP contribution in [0.2, 0.25) is 0 Å². The monoisotopic (exact) mass is 551 g/mol. The van der Waals surface area contributed by atoms with E-state index in [0.29, 0.717) is 5.75 Å². The van der Waals surface area contributed by atoms with Crippen molar-refractivity contribution in [2.45, 2.75) is 25.7 Å². The average Bonchev–Trinajstić information content (AvgIpc) is 3.35. The summed E-state index contributed by atoms with van der Waals surface area (Å²) in [6.45, 7) is 2.67. The molecule has 2 aliphatic heterocycles. The van der Waals surface area contributed by atoms with Gasteiger partial charge in [0, 0.05) is 30.6 Å². The van der Waals surface area contributed by atoms with Gasteiger partial charge >= 0.3 is 5.97 Å². The first-order valence-corrected chi connectivity index (χ1v) is 14.0. The van der Waals surface area contributed by atoms with Crippen LogP contribution in [0.3, 0.4) is 0 Å². The lowest BCUT2D eigenvalue weighted by Crippen LogP contribution is -2.38. The Balaban J connectivity index is 1.09. The van der Waals surface area contributed by atoms with E-state index in [1.165, 1.54) is 16.5 Å². The molecule has 0 radical (unpaired) electrons. The maximum absolute atomic E-state index is 13.2. The zero-order chi connectivity index (χ0) is 27.5. The van der Waals surface area contributed by atoms with E-state index in [1.54, 1.807) is 36.7 Å². The van der Waals surface area contributed by atoms with E-state index in [0.717, 1.165) is 59.1 Å². The highest BCUT2D eigenvalue weighted by Gasteiger charge is 2.33. The van der Waals surface area contributed by atoms with Gasteiger partial charge in [0.2, 0.25) is 0 Å². The maximum atomic E-state index is 13.2. The van der Waals surface area contributed by atoms with E-state index >= 15 is 0 Å². The standard InChI is InChI=1S/C32H29N3O4S/c1-38-24-12-7-21(8-13-24)9-16-28(36)39-25-14-10-23(11-15-25)30-33-31(37)29-26-17-18-35(19-22-5-3-2-4-6-22)20-27(26)40-32(29)34-30/h2-16,30,34H,17-20H2,1H3,(H,33,37)/b16-9+/t30-/m0/s1. The molecule has 7 nitrogen and oxygen atoms in total. The molecule has 0 unspecified atom stereocenters. The normalized spacial score (nSPS) is 16.5. The molecule has 1 amide bonds. The van der Waals surface area contributed by atoms with Gasteiger partial charge in [0.05, 0.1) is 12.7 Å². The number of amides is 1. The summed E-state index contributed by atoms with van der Waals surface area (Å²) in [5.41, 5.74) is 4.99. The van der Waals surface area contributed by atoms with Crippen molar-refractivity contribution in [2.24, 2.45) is 0 Å². The number of anilines is 1. The quantitative estimate of drug-likeness (QED) is 0.172. The Morgan fingerprint density at radius 1 is 1.00 bits per heavy atom. The summed E-state index contributed by atoms with van der Waals surface area (Å²) in [5, 5.41) is 7.53. The van der Waals surface area contributed by atoms with Crippen LogP contribution < -0.4 is 20.1 Å². The first-order chi connectivity index (χ1) is 19.6. The number of fused-ring (bicyclic) bond motifs is 3. The van der Waals surface area contributed by atoms with E-state index in [-0.39, 0.29) is 12.1 Å². The van der Waals surface area contributed by atoms with Gasteiger partial charge in [0.25, 0.3) is 5.91 Å². The second kappa shape index (κ2) is 11.4. The minimum absolute atomic E-state index is 0.0491. The summed E-state index contributed by atoms with van der Waals surface area (Å²) in [4.78, 5) is 29.1. The Morgan fingerprint density at radius 2 is 1.75 bits per heavy atom. The molecule has 0 saturated heterocycles. The zero-order valence-corrected chi connectivity index (χ0v) is 22.9. The van der Waals surface area contributed by atoms with E-state index in [2.05, 4.69) is 39.8 Å². The molecule has 0 fully saturated rings. The van der Waals surface area contributed by atoms with Gasteiger partial charge < -0.3 is 20.1 Å². The molecule has 1 aromatic heterocycles. The molecule has 0 aliphatic carbocycles. The van der Waals surface area contributed by atoms with Crippen molar-refractivity contribution < 1.29 is 19.1 Å². The molecule has 8 heteroatoms. The number of esters is 1. The van der Waals surface area contributed by atoms with Crippen molar-refractivity contribution in [1.29, 1.82) is 0 Å². The van der Waals surface area contributed by atoms with Crippen LogP contribution in [-0.4, -0.2) is 30.4 Å². The van der Waals surface area contributed by atoms with Crippen molar-refractivity contribution >= 4 is 34.3 Å². The molecule has 6 rings (SSSR count). The number of methoxy groups -OCH3 is 1. The third-order valence-corrected chi connectivity index (χ3v) is 8.27. The Labute approximate surface area is 237 Å². The van der Waals surface area contributed by atoms with Crippen LogP contribution in [0.15, 0.2) is 84.9 Å². The Hall–Kier alpha value is -4.40. The summed E-state index contributed by atoms with van der Waals surface area (Å²) >= 11 is 1.67. The van der Waals surface area contributed by atoms with Crippen molar-refractivity contribution in [2.75, 3.05) is 19.0 Å². The first kappa shape index (κ1) is 25.9. The number of thiophene rings is 1. The van der Waals surface area contributed by atoms with Crippen LogP contribution in [0.25, 0.3) is 6.08 Å². The van der Waals surface area contributed by atoms with Crippen molar-refractivity contribution in [1.82, 2.24) is 10.2 Å². The molecule has 3 heterocycles. The maximum Gasteiger partial charge on any atom is 0.336 e. The molecule has 4 aromatic rings. The number of hydrogen-bond donors (Lipinski definition) is 2.